The lowest BCUT2D eigenvalue weighted by atomic mass is 9.64. The van der Waals surface area contributed by atoms with Crippen molar-refractivity contribution in [3.63, 3.8) is 0 Å². The van der Waals surface area contributed by atoms with Crippen molar-refractivity contribution < 1.29 is 33.3 Å². The van der Waals surface area contributed by atoms with Crippen molar-refractivity contribution in [2.24, 2.45) is 5.92 Å². The van der Waals surface area contributed by atoms with Crippen molar-refractivity contribution in [1.82, 2.24) is 0 Å². The summed E-state index contributed by atoms with van der Waals surface area (Å²) in [7, 11) is 6.04. The number of hydrogen-bond donors (Lipinski definition) is 1. The third kappa shape index (κ3) is 4.04. The van der Waals surface area contributed by atoms with E-state index in [4.69, 9.17) is 18.9 Å². The Labute approximate surface area is 266 Å². The Kier molecular flexibility index (Phi) is 7.04. The number of carbonyl (C=O) groups is 3. The molecule has 0 aliphatic carbocycles. The van der Waals surface area contributed by atoms with Crippen molar-refractivity contribution in [3.05, 3.63) is 113 Å². The Morgan fingerprint density at radius 2 is 1.30 bits per heavy atom. The smallest absolute Gasteiger partial charge is 0.238 e. The first-order valence-electron chi connectivity index (χ1n) is 14.9. The van der Waals surface area contributed by atoms with Crippen molar-refractivity contribution in [2.45, 2.75) is 17.5 Å². The van der Waals surface area contributed by atoms with E-state index in [-0.39, 0.29) is 17.5 Å². The summed E-state index contributed by atoms with van der Waals surface area (Å²) in [5, 5.41) is 3.05. The van der Waals surface area contributed by atoms with E-state index < -0.39 is 23.4 Å². The van der Waals surface area contributed by atoms with Gasteiger partial charge in [0.25, 0.3) is 0 Å². The van der Waals surface area contributed by atoms with Crippen LogP contribution in [0.5, 0.6) is 23.0 Å². The average molecular weight is 617 g/mol. The zero-order valence-electron chi connectivity index (χ0n) is 25.8. The first kappa shape index (κ1) is 29.2. The van der Waals surface area contributed by atoms with Gasteiger partial charge < -0.3 is 29.2 Å². The van der Waals surface area contributed by atoms with Gasteiger partial charge in [0.2, 0.25) is 5.91 Å². The predicted molar refractivity (Wildman–Crippen MR) is 174 cm³/mol. The van der Waals surface area contributed by atoms with E-state index in [1.165, 1.54) is 28.4 Å². The highest BCUT2D eigenvalue weighted by molar-refractivity contribution is 6.18. The SMILES string of the molecule is COc1ccc(C(=O)[C@@H]2[C@H](C(=O)c3ccc(OC)c(OC)c3)[C@]3(C(=O)Nc4ccccc43)[C@H]3C=Cc4ccccc4N23)cc1OC. The molecule has 1 amide bonds. The van der Waals surface area contributed by atoms with Crippen LogP contribution in [0.4, 0.5) is 11.4 Å². The van der Waals surface area contributed by atoms with Gasteiger partial charge in [0.1, 0.15) is 11.5 Å². The number of rotatable bonds is 8. The molecule has 0 bridgehead atoms. The zero-order valence-corrected chi connectivity index (χ0v) is 25.8. The number of Topliss-reactive ketones (excluding diaryl/α,β-unsaturated/α-hetero) is 2. The first-order chi connectivity index (χ1) is 22.4. The van der Waals surface area contributed by atoms with E-state index in [9.17, 15) is 4.79 Å². The summed E-state index contributed by atoms with van der Waals surface area (Å²) in [6.45, 7) is 0. The summed E-state index contributed by atoms with van der Waals surface area (Å²) < 4.78 is 22.0. The Balaban J connectivity index is 1.51. The van der Waals surface area contributed by atoms with Crippen LogP contribution in [-0.2, 0) is 10.2 Å². The number of hydrogen-bond acceptors (Lipinski definition) is 8. The maximum Gasteiger partial charge on any atom is 0.238 e. The molecule has 1 saturated heterocycles. The van der Waals surface area contributed by atoms with Gasteiger partial charge in [-0.3, -0.25) is 14.4 Å². The predicted octanol–water partition coefficient (Wildman–Crippen LogP) is 5.58. The average Bonchev–Trinajstić information content (AvgIpc) is 3.58. The number of ketones is 2. The Morgan fingerprint density at radius 1 is 0.717 bits per heavy atom. The van der Waals surface area contributed by atoms with Crippen LogP contribution >= 0.6 is 0 Å². The van der Waals surface area contributed by atoms with Crippen molar-refractivity contribution in [1.29, 1.82) is 0 Å². The van der Waals surface area contributed by atoms with Crippen LogP contribution in [0.15, 0.2) is 91.0 Å². The normalized spacial score (nSPS) is 22.0. The van der Waals surface area contributed by atoms with Crippen LogP contribution in [-0.4, -0.2) is 58.0 Å². The number of nitrogens with one attached hydrogen (secondary N) is 1. The molecule has 9 heteroatoms. The summed E-state index contributed by atoms with van der Waals surface area (Å²) in [6.07, 6.45) is 3.91. The van der Waals surface area contributed by atoms with Crippen LogP contribution in [0.1, 0.15) is 31.8 Å². The molecule has 7 rings (SSSR count). The molecular weight excluding hydrogens is 584 g/mol. The van der Waals surface area contributed by atoms with E-state index in [1.807, 2.05) is 65.6 Å². The number of benzene rings is 4. The van der Waals surface area contributed by atoms with Gasteiger partial charge in [0, 0.05) is 22.5 Å². The van der Waals surface area contributed by atoms with Crippen LogP contribution in [0.3, 0.4) is 0 Å². The number of para-hydroxylation sites is 2. The molecule has 0 unspecified atom stereocenters. The van der Waals surface area contributed by atoms with Gasteiger partial charge in [0.15, 0.2) is 34.6 Å². The monoisotopic (exact) mass is 616 g/mol. The molecule has 4 atom stereocenters. The molecule has 0 radical (unpaired) electrons. The fourth-order valence-corrected chi connectivity index (χ4v) is 7.45. The van der Waals surface area contributed by atoms with E-state index >= 15 is 9.59 Å². The molecular formula is C37H32N2O7. The molecule has 3 aliphatic heterocycles. The summed E-state index contributed by atoms with van der Waals surface area (Å²) >= 11 is 0. The molecule has 1 N–H and O–H groups in total. The second-order valence-electron chi connectivity index (χ2n) is 11.4. The molecule has 1 fully saturated rings. The summed E-state index contributed by atoms with van der Waals surface area (Å²) in [5.41, 5.74) is 2.09. The maximum atomic E-state index is 15.1. The van der Waals surface area contributed by atoms with Crippen molar-refractivity contribution in [3.8, 4) is 23.0 Å². The molecule has 3 heterocycles. The number of carbonyl (C=O) groups excluding carboxylic acids is 3. The molecule has 232 valence electrons. The Bertz CT molecular complexity index is 1930. The number of nitrogens with zero attached hydrogens (tertiary/aromatic N) is 1. The molecule has 4 aromatic carbocycles. The van der Waals surface area contributed by atoms with E-state index in [2.05, 4.69) is 5.32 Å². The maximum absolute atomic E-state index is 15.1. The molecule has 4 aromatic rings. The largest absolute Gasteiger partial charge is 0.493 e. The fourth-order valence-electron chi connectivity index (χ4n) is 7.45. The minimum atomic E-state index is -1.44. The van der Waals surface area contributed by atoms with Crippen molar-refractivity contribution in [2.75, 3.05) is 38.7 Å². The first-order valence-corrected chi connectivity index (χ1v) is 14.9. The molecule has 3 aliphatic rings. The molecule has 0 saturated carbocycles. The van der Waals surface area contributed by atoms with Crippen LogP contribution in [0, 0.1) is 5.92 Å². The highest BCUT2D eigenvalue weighted by atomic mass is 16.5. The second kappa shape index (κ2) is 11.1. The highest BCUT2D eigenvalue weighted by Crippen LogP contribution is 2.58. The Morgan fingerprint density at radius 3 is 1.96 bits per heavy atom. The number of fused-ring (bicyclic) bond motifs is 6. The summed E-state index contributed by atoms with van der Waals surface area (Å²) in [5.74, 6) is -0.518. The molecule has 0 aromatic heterocycles. The standard InChI is InChI=1S/C37H32N2O7/c1-43-27-16-13-22(19-29(27)45-3)34(40)32-33(35(41)23-14-17-28(44-2)30(20-23)46-4)39-26-12-8-5-9-21(26)15-18-31(39)37(32)24-10-6-7-11-25(24)38-36(37)42/h5-20,31-33H,1-4H3,(H,38,42)/t31-,32-,33+,37-/m1/s1. The molecule has 1 spiro atoms. The lowest BCUT2D eigenvalue weighted by Crippen LogP contribution is -2.51. The lowest BCUT2D eigenvalue weighted by molar-refractivity contribution is -0.121. The summed E-state index contributed by atoms with van der Waals surface area (Å²) in [6, 6.07) is 23.2. The lowest BCUT2D eigenvalue weighted by Gasteiger charge is -2.37. The van der Waals surface area contributed by atoms with Gasteiger partial charge in [-0.2, -0.15) is 0 Å². The number of ether oxygens (including phenoxy) is 4. The van der Waals surface area contributed by atoms with E-state index in [0.717, 1.165) is 11.3 Å². The third-order valence-corrected chi connectivity index (χ3v) is 9.43. The number of anilines is 2. The third-order valence-electron chi connectivity index (χ3n) is 9.43. The fraction of sp³-hybridized carbons (Fsp3) is 0.216. The van der Waals surface area contributed by atoms with E-state index in [1.54, 1.807) is 36.4 Å². The van der Waals surface area contributed by atoms with Gasteiger partial charge in [-0.25, -0.2) is 0 Å². The number of methoxy groups -OCH3 is 4. The quantitative estimate of drug-likeness (QED) is 0.256. The van der Waals surface area contributed by atoms with Gasteiger partial charge in [0.05, 0.1) is 40.4 Å². The second-order valence-corrected chi connectivity index (χ2v) is 11.4. The van der Waals surface area contributed by atoms with E-state index in [0.29, 0.717) is 45.4 Å². The zero-order chi connectivity index (χ0) is 32.2. The molecule has 46 heavy (non-hydrogen) atoms. The van der Waals surface area contributed by atoms with Crippen molar-refractivity contribution >= 4 is 34.9 Å². The highest BCUT2D eigenvalue weighted by Gasteiger charge is 2.70. The minimum absolute atomic E-state index is 0.293. The van der Waals surface area contributed by atoms with Gasteiger partial charge >= 0.3 is 0 Å². The van der Waals surface area contributed by atoms with Gasteiger partial charge in [-0.1, -0.05) is 48.6 Å². The number of amides is 1. The van der Waals surface area contributed by atoms with Crippen LogP contribution in [0.2, 0.25) is 0 Å². The topological polar surface area (TPSA) is 103 Å². The molecule has 9 nitrogen and oxygen atoms in total. The van der Waals surface area contributed by atoms with Gasteiger partial charge in [-0.05, 0) is 59.7 Å². The van der Waals surface area contributed by atoms with Crippen LogP contribution in [0.25, 0.3) is 6.08 Å². The minimum Gasteiger partial charge on any atom is -0.493 e. The van der Waals surface area contributed by atoms with Crippen LogP contribution < -0.4 is 29.2 Å². The Hall–Kier alpha value is -5.57. The van der Waals surface area contributed by atoms with Gasteiger partial charge in [-0.15, -0.1) is 0 Å². The summed E-state index contributed by atoms with van der Waals surface area (Å²) in [4.78, 5) is 46.7.